The van der Waals surface area contributed by atoms with Crippen LogP contribution in [0.3, 0.4) is 0 Å². The molecule has 8 aliphatic carbocycles. The molecule has 0 radical (unpaired) electrons. The molecule has 8 atom stereocenters. The topological polar surface area (TPSA) is 147 Å². The minimum atomic E-state index is -4.72. The Morgan fingerprint density at radius 1 is 0.700 bits per heavy atom. The van der Waals surface area contributed by atoms with E-state index in [-0.39, 0.29) is 35.2 Å². The fourth-order valence-corrected chi connectivity index (χ4v) is 11.3. The second-order valence-corrected chi connectivity index (χ2v) is 16.2. The van der Waals surface area contributed by atoms with Crippen LogP contribution in [0.1, 0.15) is 97.8 Å². The van der Waals surface area contributed by atoms with E-state index in [1.807, 2.05) is 0 Å². The summed E-state index contributed by atoms with van der Waals surface area (Å²) in [5.41, 5.74) is -2.31. The van der Waals surface area contributed by atoms with Gasteiger partial charge in [-0.25, -0.2) is 9.59 Å². The highest BCUT2D eigenvalue weighted by Crippen LogP contribution is 2.62. The molecule has 0 saturated heterocycles. The SMILES string of the molecule is O=C(OCC12C[C@@H]3C[C@@H](CC(O)(C3)C1)C2)c1cc(C(=O)OCC23C[C@@H]4C[C@@H](CC(O)(C4)C2)C3)cc(S(=O)(=O)O)c1. The van der Waals surface area contributed by atoms with E-state index in [0.29, 0.717) is 36.5 Å². The van der Waals surface area contributed by atoms with Gasteiger partial charge in [-0.15, -0.1) is 0 Å². The highest BCUT2D eigenvalue weighted by Gasteiger charge is 2.58. The highest BCUT2D eigenvalue weighted by molar-refractivity contribution is 7.85. The third-order valence-electron chi connectivity index (χ3n) is 11.0. The Morgan fingerprint density at radius 2 is 1.07 bits per heavy atom. The summed E-state index contributed by atoms with van der Waals surface area (Å²) in [5, 5.41) is 22.0. The summed E-state index contributed by atoms with van der Waals surface area (Å²) >= 11 is 0. The van der Waals surface area contributed by atoms with Gasteiger partial charge >= 0.3 is 11.9 Å². The fourth-order valence-electron chi connectivity index (χ4n) is 10.7. The van der Waals surface area contributed by atoms with Crippen molar-refractivity contribution >= 4 is 22.1 Å². The summed E-state index contributed by atoms with van der Waals surface area (Å²) in [5.74, 6) is 0.108. The van der Waals surface area contributed by atoms with Crippen LogP contribution in [0.4, 0.5) is 0 Å². The van der Waals surface area contributed by atoms with Crippen molar-refractivity contribution in [2.45, 2.75) is 93.1 Å². The zero-order valence-electron chi connectivity index (χ0n) is 22.6. The summed E-state index contributed by atoms with van der Waals surface area (Å²) in [6.07, 6.45) is 10.1. The standard InChI is InChI=1S/C30H38O9S/c31-25(38-16-27-6-18-1-19(7-27)11-29(33,10-18)14-27)22-3-23(5-24(4-22)40(35,36)37)26(32)39-17-28-8-20-2-21(9-28)13-30(34,12-20)15-28/h3-5,18-21,33-34H,1-2,6-17H2,(H,35,36,37)/t18-,19+,20-,21+,27?,28?,29?,30?. The van der Waals surface area contributed by atoms with Crippen molar-refractivity contribution in [1.82, 2.24) is 0 Å². The molecule has 10 heteroatoms. The summed E-state index contributed by atoms with van der Waals surface area (Å²) in [7, 11) is -4.72. The fraction of sp³-hybridized carbons (Fsp3) is 0.733. The maximum absolute atomic E-state index is 13.2. The minimum Gasteiger partial charge on any atom is -0.462 e. The molecule has 0 heterocycles. The van der Waals surface area contributed by atoms with Crippen molar-refractivity contribution in [3.8, 4) is 0 Å². The van der Waals surface area contributed by atoms with Crippen LogP contribution >= 0.6 is 0 Å². The molecular formula is C30H38O9S. The molecule has 0 aliphatic heterocycles. The Kier molecular flexibility index (Phi) is 5.88. The van der Waals surface area contributed by atoms with E-state index in [1.165, 1.54) is 6.07 Å². The van der Waals surface area contributed by atoms with E-state index in [4.69, 9.17) is 9.47 Å². The van der Waals surface area contributed by atoms with Gasteiger partial charge in [-0.2, -0.15) is 8.42 Å². The maximum Gasteiger partial charge on any atom is 0.338 e. The Bertz CT molecular complexity index is 1250. The highest BCUT2D eigenvalue weighted by atomic mass is 32.2. The quantitative estimate of drug-likeness (QED) is 0.326. The van der Waals surface area contributed by atoms with E-state index < -0.39 is 38.2 Å². The Balaban J connectivity index is 1.07. The van der Waals surface area contributed by atoms with Gasteiger partial charge in [-0.1, -0.05) is 0 Å². The lowest BCUT2D eigenvalue weighted by molar-refractivity contribution is -0.175. The van der Waals surface area contributed by atoms with Crippen LogP contribution in [-0.2, 0) is 19.6 Å². The number of hydrogen-bond donors (Lipinski definition) is 3. The first-order chi connectivity index (χ1) is 18.7. The number of carbonyl (C=O) groups excluding carboxylic acids is 2. The van der Waals surface area contributed by atoms with Gasteiger partial charge in [0.25, 0.3) is 10.1 Å². The first-order valence-electron chi connectivity index (χ1n) is 14.6. The molecule has 9 nitrogen and oxygen atoms in total. The lowest BCUT2D eigenvalue weighted by Gasteiger charge is -2.59. The van der Waals surface area contributed by atoms with Crippen LogP contribution in [-0.4, -0.2) is 59.5 Å². The predicted molar refractivity (Wildman–Crippen MR) is 141 cm³/mol. The molecule has 0 amide bonds. The zero-order chi connectivity index (χ0) is 28.1. The number of esters is 2. The van der Waals surface area contributed by atoms with E-state index in [0.717, 1.165) is 76.3 Å². The first kappa shape index (κ1) is 26.9. The number of carbonyl (C=O) groups is 2. The van der Waals surface area contributed by atoms with E-state index in [1.54, 1.807) is 0 Å². The Labute approximate surface area is 234 Å². The molecule has 1 aromatic carbocycles. The summed E-state index contributed by atoms with van der Waals surface area (Å²) < 4.78 is 45.2. The van der Waals surface area contributed by atoms with E-state index in [2.05, 4.69) is 0 Å². The van der Waals surface area contributed by atoms with Crippen LogP contribution in [0.2, 0.25) is 0 Å². The number of ether oxygens (including phenoxy) is 2. The number of hydrogen-bond acceptors (Lipinski definition) is 8. The molecule has 8 bridgehead atoms. The van der Waals surface area contributed by atoms with Gasteiger partial charge < -0.3 is 19.7 Å². The van der Waals surface area contributed by atoms with E-state index >= 15 is 0 Å². The average Bonchev–Trinajstić information content (AvgIpc) is 2.82. The van der Waals surface area contributed by atoms with Crippen molar-refractivity contribution in [3.63, 3.8) is 0 Å². The average molecular weight is 575 g/mol. The summed E-state index contributed by atoms with van der Waals surface area (Å²) in [4.78, 5) is 25.7. The van der Waals surface area contributed by atoms with Gasteiger partial charge in [-0.3, -0.25) is 4.55 Å². The minimum absolute atomic E-state index is 0.116. The molecule has 8 aliphatic rings. The third kappa shape index (κ3) is 4.78. The lowest BCUT2D eigenvalue weighted by atomic mass is 9.48. The largest absolute Gasteiger partial charge is 0.462 e. The van der Waals surface area contributed by atoms with Crippen molar-refractivity contribution < 1.29 is 42.2 Å². The molecule has 218 valence electrons. The van der Waals surface area contributed by atoms with Gasteiger partial charge in [0.2, 0.25) is 0 Å². The van der Waals surface area contributed by atoms with Crippen LogP contribution in [0.15, 0.2) is 23.1 Å². The maximum atomic E-state index is 13.2. The van der Waals surface area contributed by atoms with Crippen LogP contribution < -0.4 is 0 Å². The molecule has 0 spiro atoms. The monoisotopic (exact) mass is 574 g/mol. The lowest BCUT2D eigenvalue weighted by Crippen LogP contribution is -2.57. The molecule has 3 N–H and O–H groups in total. The summed E-state index contributed by atoms with van der Waals surface area (Å²) in [6.45, 7) is 0.232. The van der Waals surface area contributed by atoms with Crippen molar-refractivity contribution in [2.75, 3.05) is 13.2 Å². The van der Waals surface area contributed by atoms with Gasteiger partial charge in [0.05, 0.1) is 40.4 Å². The molecule has 8 fully saturated rings. The van der Waals surface area contributed by atoms with Gasteiger partial charge in [0.1, 0.15) is 0 Å². The normalized spacial score (nSPS) is 42.7. The van der Waals surface area contributed by atoms with Crippen molar-refractivity contribution in [1.29, 1.82) is 0 Å². The van der Waals surface area contributed by atoms with Crippen LogP contribution in [0, 0.1) is 34.5 Å². The predicted octanol–water partition coefficient (Wildman–Crippen LogP) is 3.91. The molecule has 9 rings (SSSR count). The van der Waals surface area contributed by atoms with Crippen LogP contribution in [0.25, 0.3) is 0 Å². The Hall–Kier alpha value is -2.01. The van der Waals surface area contributed by atoms with Gasteiger partial charge in [0, 0.05) is 10.8 Å². The zero-order valence-corrected chi connectivity index (χ0v) is 23.5. The molecule has 8 saturated carbocycles. The smallest absolute Gasteiger partial charge is 0.338 e. The molecule has 40 heavy (non-hydrogen) atoms. The van der Waals surface area contributed by atoms with Crippen LogP contribution in [0.5, 0.6) is 0 Å². The molecule has 1 aromatic rings. The molecule has 4 unspecified atom stereocenters. The second kappa shape index (κ2) is 8.75. The molecule has 0 aromatic heterocycles. The summed E-state index contributed by atoms with van der Waals surface area (Å²) in [6, 6.07) is 3.27. The number of benzene rings is 1. The number of aliphatic hydroxyl groups is 2. The molecular weight excluding hydrogens is 536 g/mol. The first-order valence-corrected chi connectivity index (χ1v) is 16.1. The Morgan fingerprint density at radius 3 is 1.40 bits per heavy atom. The van der Waals surface area contributed by atoms with Gasteiger partial charge in [-0.05, 0) is 119 Å². The van der Waals surface area contributed by atoms with Gasteiger partial charge in [0.15, 0.2) is 0 Å². The third-order valence-corrected chi connectivity index (χ3v) is 11.8. The van der Waals surface area contributed by atoms with Crippen molar-refractivity contribution in [3.05, 3.63) is 29.3 Å². The number of rotatable bonds is 7. The van der Waals surface area contributed by atoms with E-state index in [9.17, 15) is 32.8 Å². The second-order valence-electron chi connectivity index (χ2n) is 14.7. The van der Waals surface area contributed by atoms with Crippen molar-refractivity contribution in [2.24, 2.45) is 34.5 Å².